The summed E-state index contributed by atoms with van der Waals surface area (Å²) in [7, 11) is 3.90. The van der Waals surface area contributed by atoms with Crippen molar-refractivity contribution >= 4 is 35.1 Å². The second-order valence-electron chi connectivity index (χ2n) is 6.40. The summed E-state index contributed by atoms with van der Waals surface area (Å²) < 4.78 is 0. The maximum absolute atomic E-state index is 12.2. The van der Waals surface area contributed by atoms with Crippen molar-refractivity contribution in [1.82, 2.24) is 15.1 Å². The molecule has 1 saturated heterocycles. The van der Waals surface area contributed by atoms with E-state index in [0.717, 1.165) is 11.1 Å². The zero-order valence-electron chi connectivity index (χ0n) is 15.5. The summed E-state index contributed by atoms with van der Waals surface area (Å²) in [5, 5.41) is 4.03. The molecule has 2 unspecified atom stereocenters. The predicted octanol–water partition coefficient (Wildman–Crippen LogP) is 4.74. The summed E-state index contributed by atoms with van der Waals surface area (Å²) in [5.74, 6) is 0.626. The molecule has 2 amide bonds. The van der Waals surface area contributed by atoms with E-state index >= 15 is 0 Å². The highest BCUT2D eigenvalue weighted by Gasteiger charge is 2.43. The number of urea groups is 1. The molecule has 1 aliphatic heterocycles. The molecule has 7 heteroatoms. The first kappa shape index (κ1) is 19.7. The number of carbonyl (C=O) groups is 1. The summed E-state index contributed by atoms with van der Waals surface area (Å²) in [6.07, 6.45) is -0.173. The fourth-order valence-corrected chi connectivity index (χ4v) is 3.99. The van der Waals surface area contributed by atoms with E-state index in [1.165, 1.54) is 0 Å². The number of amidine groups is 1. The molecular formula is C20H22Cl2N4O. The first-order valence-corrected chi connectivity index (χ1v) is 9.51. The highest BCUT2D eigenvalue weighted by atomic mass is 35.5. The van der Waals surface area contributed by atoms with Gasteiger partial charge in [0.15, 0.2) is 0 Å². The Morgan fingerprint density at radius 3 is 2.15 bits per heavy atom. The Morgan fingerprint density at radius 2 is 1.59 bits per heavy atom. The van der Waals surface area contributed by atoms with Crippen LogP contribution in [0.25, 0.3) is 0 Å². The number of amides is 2. The Balaban J connectivity index is 2.12. The summed E-state index contributed by atoms with van der Waals surface area (Å²) in [5.41, 5.74) is 1.84. The standard InChI is InChI=1S/C20H22Cl2N4O/c1-4-23-20(27)24-18-17(13-9-5-7-11-15(13)21)25(2)19(26(18)3)14-10-6-8-12-16(14)22/h5-12,17,19H,4H2,1-3H3,(H,23,27)/b24-18+. The number of aliphatic imine (C=N–C) groups is 1. The van der Waals surface area contributed by atoms with Crippen LogP contribution in [-0.2, 0) is 0 Å². The number of nitrogens with one attached hydrogen (secondary N) is 1. The summed E-state index contributed by atoms with van der Waals surface area (Å²) in [4.78, 5) is 20.7. The number of benzene rings is 2. The van der Waals surface area contributed by atoms with Crippen LogP contribution in [0.3, 0.4) is 0 Å². The zero-order valence-corrected chi connectivity index (χ0v) is 17.0. The first-order valence-electron chi connectivity index (χ1n) is 8.75. The van der Waals surface area contributed by atoms with E-state index in [-0.39, 0.29) is 18.2 Å². The largest absolute Gasteiger partial charge is 0.342 e. The van der Waals surface area contributed by atoms with Crippen LogP contribution in [-0.4, -0.2) is 42.3 Å². The molecule has 27 heavy (non-hydrogen) atoms. The monoisotopic (exact) mass is 404 g/mol. The lowest BCUT2D eigenvalue weighted by Gasteiger charge is -2.28. The van der Waals surface area contributed by atoms with E-state index < -0.39 is 0 Å². The van der Waals surface area contributed by atoms with Crippen LogP contribution in [0.2, 0.25) is 10.0 Å². The molecule has 0 radical (unpaired) electrons. The highest BCUT2D eigenvalue weighted by Crippen LogP contribution is 2.43. The number of hydrogen-bond acceptors (Lipinski definition) is 2. The van der Waals surface area contributed by atoms with Gasteiger partial charge < -0.3 is 10.2 Å². The van der Waals surface area contributed by atoms with Gasteiger partial charge in [-0.1, -0.05) is 59.6 Å². The predicted molar refractivity (Wildman–Crippen MR) is 110 cm³/mol. The fourth-order valence-electron chi connectivity index (χ4n) is 3.52. The topological polar surface area (TPSA) is 47.9 Å². The molecule has 0 saturated carbocycles. The molecule has 0 aliphatic carbocycles. The van der Waals surface area contributed by atoms with Crippen LogP contribution in [0.5, 0.6) is 0 Å². The second-order valence-corrected chi connectivity index (χ2v) is 7.22. The zero-order chi connectivity index (χ0) is 19.6. The molecule has 1 fully saturated rings. The van der Waals surface area contributed by atoms with Gasteiger partial charge in [-0.05, 0) is 31.7 Å². The highest BCUT2D eigenvalue weighted by molar-refractivity contribution is 6.32. The Morgan fingerprint density at radius 1 is 1.04 bits per heavy atom. The molecule has 0 aromatic heterocycles. The van der Waals surface area contributed by atoms with Crippen molar-refractivity contribution in [1.29, 1.82) is 0 Å². The van der Waals surface area contributed by atoms with Gasteiger partial charge in [0.2, 0.25) is 0 Å². The van der Waals surface area contributed by atoms with E-state index in [1.807, 2.05) is 74.4 Å². The van der Waals surface area contributed by atoms with E-state index in [9.17, 15) is 4.79 Å². The van der Waals surface area contributed by atoms with Crippen LogP contribution in [0.15, 0.2) is 53.5 Å². The Bertz CT molecular complexity index is 871. The number of carbonyl (C=O) groups excluding carboxylic acids is 1. The molecule has 1 heterocycles. The number of rotatable bonds is 3. The molecule has 5 nitrogen and oxygen atoms in total. The molecule has 1 aliphatic rings. The molecular weight excluding hydrogens is 383 g/mol. The maximum Gasteiger partial charge on any atom is 0.342 e. The summed E-state index contributed by atoms with van der Waals surface area (Å²) >= 11 is 12.9. The van der Waals surface area contributed by atoms with Crippen LogP contribution in [0.4, 0.5) is 4.79 Å². The molecule has 2 aromatic rings. The first-order chi connectivity index (χ1) is 13.0. The second kappa shape index (κ2) is 8.30. The maximum atomic E-state index is 12.2. The summed E-state index contributed by atoms with van der Waals surface area (Å²) in [6, 6.07) is 14.7. The van der Waals surface area contributed by atoms with Crippen molar-refractivity contribution in [3.05, 3.63) is 69.7 Å². The third-order valence-corrected chi connectivity index (χ3v) is 5.38. The van der Waals surface area contributed by atoms with Crippen molar-refractivity contribution in [2.24, 2.45) is 4.99 Å². The number of likely N-dealkylation sites (N-methyl/N-ethyl adjacent to an activating group) is 2. The fraction of sp³-hybridized carbons (Fsp3) is 0.300. The number of nitrogens with zero attached hydrogens (tertiary/aromatic N) is 3. The molecule has 3 rings (SSSR count). The number of hydrogen-bond donors (Lipinski definition) is 1. The SMILES string of the molecule is CCNC(=O)/N=C1\C(c2ccccc2Cl)N(C)C(c2ccccc2Cl)N1C. The van der Waals surface area contributed by atoms with Crippen molar-refractivity contribution in [3.63, 3.8) is 0 Å². The van der Waals surface area contributed by atoms with Gasteiger partial charge in [0.1, 0.15) is 12.0 Å². The quantitative estimate of drug-likeness (QED) is 0.803. The Kier molecular flexibility index (Phi) is 6.05. The van der Waals surface area contributed by atoms with Crippen LogP contribution >= 0.6 is 23.2 Å². The average molecular weight is 405 g/mol. The molecule has 1 N–H and O–H groups in total. The molecule has 0 spiro atoms. The van der Waals surface area contributed by atoms with Crippen molar-refractivity contribution in [2.75, 3.05) is 20.6 Å². The van der Waals surface area contributed by atoms with Gasteiger partial charge in [-0.2, -0.15) is 4.99 Å². The van der Waals surface area contributed by atoms with E-state index in [2.05, 4.69) is 15.2 Å². The van der Waals surface area contributed by atoms with E-state index in [0.29, 0.717) is 22.4 Å². The van der Waals surface area contributed by atoms with Crippen molar-refractivity contribution < 1.29 is 4.79 Å². The molecule has 142 valence electrons. The van der Waals surface area contributed by atoms with Crippen LogP contribution in [0.1, 0.15) is 30.3 Å². The van der Waals surface area contributed by atoms with Crippen LogP contribution < -0.4 is 5.32 Å². The lowest BCUT2D eigenvalue weighted by Crippen LogP contribution is -2.29. The van der Waals surface area contributed by atoms with Gasteiger partial charge in [-0.3, -0.25) is 4.90 Å². The molecule has 0 bridgehead atoms. The van der Waals surface area contributed by atoms with E-state index in [1.54, 1.807) is 0 Å². The third kappa shape index (κ3) is 3.81. The third-order valence-electron chi connectivity index (χ3n) is 4.69. The van der Waals surface area contributed by atoms with Crippen LogP contribution in [0, 0.1) is 0 Å². The van der Waals surface area contributed by atoms with E-state index in [4.69, 9.17) is 23.2 Å². The van der Waals surface area contributed by atoms with Gasteiger partial charge in [-0.25, -0.2) is 4.79 Å². The van der Waals surface area contributed by atoms with Crippen molar-refractivity contribution in [2.45, 2.75) is 19.1 Å². The van der Waals surface area contributed by atoms with Gasteiger partial charge >= 0.3 is 6.03 Å². The van der Waals surface area contributed by atoms with Gasteiger partial charge in [0, 0.05) is 29.2 Å². The summed E-state index contributed by atoms with van der Waals surface area (Å²) in [6.45, 7) is 2.38. The lowest BCUT2D eigenvalue weighted by molar-refractivity contribution is 0.177. The molecule has 2 aromatic carbocycles. The normalized spacial score (nSPS) is 21.7. The van der Waals surface area contributed by atoms with Crippen molar-refractivity contribution in [3.8, 4) is 0 Å². The number of halogens is 2. The average Bonchev–Trinajstić information content (AvgIpc) is 2.87. The van der Waals surface area contributed by atoms with Gasteiger partial charge in [0.05, 0.1) is 6.04 Å². The smallest absolute Gasteiger partial charge is 0.341 e. The Hall–Kier alpha value is -2.08. The Labute approximate surface area is 169 Å². The molecule has 2 atom stereocenters. The minimum atomic E-state index is -0.371. The minimum absolute atomic E-state index is 0.173. The van der Waals surface area contributed by atoms with Gasteiger partial charge in [-0.15, -0.1) is 0 Å². The lowest BCUT2D eigenvalue weighted by atomic mass is 10.1. The minimum Gasteiger partial charge on any atom is -0.341 e. The van der Waals surface area contributed by atoms with Gasteiger partial charge in [0.25, 0.3) is 0 Å².